The fourth-order valence-electron chi connectivity index (χ4n) is 7.79. The Balaban J connectivity index is 1.02. The van der Waals surface area contributed by atoms with Gasteiger partial charge in [-0.05, 0) is 107 Å². The molecule has 2 aliphatic heterocycles. The topological polar surface area (TPSA) is 180 Å². The average Bonchev–Trinajstić information content (AvgIpc) is 3.71. The zero-order chi connectivity index (χ0) is 46.5. The van der Waals surface area contributed by atoms with E-state index in [0.717, 1.165) is 50.7 Å². The zero-order valence-electron chi connectivity index (χ0n) is 35.9. The fourth-order valence-corrected chi connectivity index (χ4v) is 11.2. The molecule has 13 nitrogen and oxygen atoms in total. The molecular formula is C49H45Cl2N5O8S2. The van der Waals surface area contributed by atoms with Crippen molar-refractivity contribution in [2.75, 3.05) is 18.5 Å². The van der Waals surface area contributed by atoms with Gasteiger partial charge in [-0.25, -0.2) is 18.2 Å². The number of unbranched alkanes of at least 4 members (excludes halogenated alkanes) is 1. The maximum absolute atomic E-state index is 14.8. The monoisotopic (exact) mass is 965 g/mol. The van der Waals surface area contributed by atoms with Crippen molar-refractivity contribution < 1.29 is 37.3 Å². The fraction of sp³-hybridized carbons (Fsp3) is 0.265. The number of aromatic nitrogens is 1. The van der Waals surface area contributed by atoms with Crippen LogP contribution in [-0.4, -0.2) is 59.9 Å². The number of halogens is 2. The second-order valence-electron chi connectivity index (χ2n) is 16.0. The average molecular weight is 967 g/mol. The van der Waals surface area contributed by atoms with Gasteiger partial charge in [-0.3, -0.25) is 4.79 Å². The van der Waals surface area contributed by atoms with Crippen LogP contribution in [0.25, 0.3) is 11.1 Å². The van der Waals surface area contributed by atoms with Crippen molar-refractivity contribution in [3.05, 3.63) is 152 Å². The molecule has 66 heavy (non-hydrogen) atoms. The summed E-state index contributed by atoms with van der Waals surface area (Å²) in [7, 11) is -4.37. The number of anilines is 1. The molecule has 5 aromatic carbocycles. The van der Waals surface area contributed by atoms with Crippen molar-refractivity contribution in [2.45, 2.75) is 75.1 Å². The summed E-state index contributed by atoms with van der Waals surface area (Å²) in [5.74, 6) is -0.534. The first-order valence-corrected chi connectivity index (χ1v) is 24.3. The van der Waals surface area contributed by atoms with Crippen LogP contribution in [-0.2, 0) is 45.6 Å². The summed E-state index contributed by atoms with van der Waals surface area (Å²) in [4.78, 5) is 31.6. The molecule has 6 aromatic rings. The molecule has 0 saturated heterocycles. The van der Waals surface area contributed by atoms with Gasteiger partial charge in [0, 0.05) is 19.5 Å². The summed E-state index contributed by atoms with van der Waals surface area (Å²) in [5, 5.41) is 26.7. The highest BCUT2D eigenvalue weighted by Gasteiger charge is 2.43. The van der Waals surface area contributed by atoms with Crippen molar-refractivity contribution >= 4 is 61.6 Å². The predicted molar refractivity (Wildman–Crippen MR) is 253 cm³/mol. The van der Waals surface area contributed by atoms with Gasteiger partial charge in [-0.15, -0.1) is 0 Å². The number of nitriles is 1. The third-order valence-corrected chi connectivity index (χ3v) is 15.7. The number of aryl methyl sites for hydroxylation is 1. The molecule has 340 valence electrons. The number of ether oxygens (including phenoxy) is 3. The SMILES string of the molecule is CCCCNc1nc(C)c(S(=O)(=O)N2Cc3cc4c(cc3CC2C(=O)N[C@@H](Cc2ccc(-c3ccc(C#N)cc3)cc2)C(=O)O)OC[C@H](c2ccc(OCc3ccc(Cl)c(Cl)c3)cc2)O4)s1. The minimum atomic E-state index is -4.37. The van der Waals surface area contributed by atoms with E-state index in [2.05, 4.69) is 28.6 Å². The number of carbonyl (C=O) groups excluding carboxylic acids is 1. The van der Waals surface area contributed by atoms with E-state index in [1.807, 2.05) is 54.6 Å². The number of rotatable bonds is 16. The highest BCUT2D eigenvalue weighted by molar-refractivity contribution is 7.91. The Morgan fingerprint density at radius 3 is 2.33 bits per heavy atom. The van der Waals surface area contributed by atoms with Gasteiger partial charge in [0.15, 0.2) is 26.9 Å². The maximum Gasteiger partial charge on any atom is 0.326 e. The van der Waals surface area contributed by atoms with Gasteiger partial charge in [-0.2, -0.15) is 9.57 Å². The Hall–Kier alpha value is -6.15. The van der Waals surface area contributed by atoms with E-state index < -0.39 is 40.1 Å². The van der Waals surface area contributed by atoms with E-state index in [0.29, 0.717) is 67.8 Å². The first kappa shape index (κ1) is 46.4. The largest absolute Gasteiger partial charge is 0.489 e. The van der Waals surface area contributed by atoms with E-state index in [-0.39, 0.29) is 35.9 Å². The molecule has 3 atom stereocenters. The second-order valence-corrected chi connectivity index (χ2v) is 19.9. The van der Waals surface area contributed by atoms with Crippen molar-refractivity contribution in [1.29, 1.82) is 5.26 Å². The van der Waals surface area contributed by atoms with Crippen LogP contribution in [0.3, 0.4) is 0 Å². The normalized spacial score (nSPS) is 16.1. The minimum absolute atomic E-state index is 0.0121. The molecule has 1 aromatic heterocycles. The molecule has 0 radical (unpaired) electrons. The quantitative estimate of drug-likeness (QED) is 0.0787. The molecule has 1 amide bonds. The van der Waals surface area contributed by atoms with E-state index >= 15 is 0 Å². The molecule has 17 heteroatoms. The molecule has 0 spiro atoms. The van der Waals surface area contributed by atoms with E-state index in [1.165, 1.54) is 0 Å². The van der Waals surface area contributed by atoms with Crippen molar-refractivity contribution in [2.24, 2.45) is 0 Å². The van der Waals surface area contributed by atoms with Crippen LogP contribution in [0.1, 0.15) is 64.9 Å². The summed E-state index contributed by atoms with van der Waals surface area (Å²) in [6.07, 6.45) is 1.21. The van der Waals surface area contributed by atoms with Crippen LogP contribution >= 0.6 is 34.5 Å². The number of amides is 1. The number of carboxylic acid groups (broad SMARTS) is 1. The van der Waals surface area contributed by atoms with Gasteiger partial charge < -0.3 is 30.0 Å². The van der Waals surface area contributed by atoms with Crippen LogP contribution in [0.5, 0.6) is 17.2 Å². The van der Waals surface area contributed by atoms with E-state index in [1.54, 1.807) is 55.5 Å². The number of benzene rings is 5. The Morgan fingerprint density at radius 2 is 1.65 bits per heavy atom. The number of nitrogens with one attached hydrogen (secondary N) is 2. The molecule has 0 fully saturated rings. The summed E-state index contributed by atoms with van der Waals surface area (Å²) >= 11 is 13.2. The first-order chi connectivity index (χ1) is 31.8. The standard InChI is InChI=1S/C49H45Cl2N5O8S2/c1-3-4-19-53-49-54-29(2)48(65-49)66(60,61)56-26-37-24-44-43(63-28-45(64-44)35-14-16-38(17-15-35)62-27-32-9-18-39(50)40(51)20-32)23-36(37)22-42(56)46(57)55-41(47(58)59)21-30-5-10-33(11-6-30)34-12-7-31(25-52)8-13-34/h5-18,20,23-24,41-42,45H,3-4,19,21-22,26-28H2,1-2H3,(H,53,54)(H,55,57)(H,58,59)/t41-,42?,45+/m0/s1. The highest BCUT2D eigenvalue weighted by atomic mass is 35.5. The summed E-state index contributed by atoms with van der Waals surface area (Å²) < 4.78 is 49.3. The lowest BCUT2D eigenvalue weighted by atomic mass is 9.94. The van der Waals surface area contributed by atoms with Gasteiger partial charge >= 0.3 is 5.97 Å². The van der Waals surface area contributed by atoms with Crippen LogP contribution in [0.4, 0.5) is 5.13 Å². The highest BCUT2D eigenvalue weighted by Crippen LogP contribution is 2.42. The van der Waals surface area contributed by atoms with Gasteiger partial charge in [0.25, 0.3) is 10.0 Å². The smallest absolute Gasteiger partial charge is 0.326 e. The molecule has 0 aliphatic carbocycles. The van der Waals surface area contributed by atoms with Crippen molar-refractivity contribution in [3.63, 3.8) is 0 Å². The number of sulfonamides is 1. The number of aliphatic carboxylic acids is 1. The number of carboxylic acids is 1. The number of carbonyl (C=O) groups is 2. The zero-order valence-corrected chi connectivity index (χ0v) is 39.1. The molecule has 3 heterocycles. The van der Waals surface area contributed by atoms with Gasteiger partial charge in [0.2, 0.25) is 5.91 Å². The summed E-state index contributed by atoms with van der Waals surface area (Å²) in [5.41, 5.74) is 6.20. The molecule has 0 bridgehead atoms. The van der Waals surface area contributed by atoms with Crippen LogP contribution < -0.4 is 24.8 Å². The van der Waals surface area contributed by atoms with Gasteiger partial charge in [0.1, 0.15) is 31.0 Å². The number of thiazole rings is 1. The van der Waals surface area contributed by atoms with E-state index in [9.17, 15) is 23.1 Å². The van der Waals surface area contributed by atoms with Crippen LogP contribution in [0, 0.1) is 18.3 Å². The van der Waals surface area contributed by atoms with Crippen LogP contribution in [0.15, 0.2) is 107 Å². The lowest BCUT2D eigenvalue weighted by Crippen LogP contribution is -2.55. The van der Waals surface area contributed by atoms with Gasteiger partial charge in [0.05, 0.1) is 27.4 Å². The minimum Gasteiger partial charge on any atom is -0.489 e. The van der Waals surface area contributed by atoms with E-state index in [4.69, 9.17) is 42.7 Å². The van der Waals surface area contributed by atoms with Crippen molar-refractivity contribution in [3.8, 4) is 34.4 Å². The third-order valence-electron chi connectivity index (χ3n) is 11.4. The third kappa shape index (κ3) is 10.4. The van der Waals surface area contributed by atoms with Crippen molar-refractivity contribution in [1.82, 2.24) is 14.6 Å². The Kier molecular flexibility index (Phi) is 14.2. The lowest BCUT2D eigenvalue weighted by Gasteiger charge is -2.36. The maximum atomic E-state index is 14.8. The number of hydrogen-bond acceptors (Lipinski definition) is 11. The molecule has 0 saturated carbocycles. The molecule has 3 N–H and O–H groups in total. The summed E-state index contributed by atoms with van der Waals surface area (Å²) in [6.45, 7) is 4.57. The Labute approximate surface area is 396 Å². The Bertz CT molecular complexity index is 2910. The lowest BCUT2D eigenvalue weighted by molar-refractivity contribution is -0.142. The molecule has 1 unspecified atom stereocenters. The molecule has 8 rings (SSSR count). The van der Waals surface area contributed by atoms with Crippen LogP contribution in [0.2, 0.25) is 10.0 Å². The number of nitrogens with zero attached hydrogens (tertiary/aromatic N) is 3. The summed E-state index contributed by atoms with van der Waals surface area (Å²) in [6, 6.07) is 30.1. The first-order valence-electron chi connectivity index (χ1n) is 21.3. The molecular weight excluding hydrogens is 922 g/mol. The predicted octanol–water partition coefficient (Wildman–Crippen LogP) is 9.53. The number of hydrogen-bond donors (Lipinski definition) is 3. The van der Waals surface area contributed by atoms with Gasteiger partial charge in [-0.1, -0.05) is 102 Å². The number of fused-ring (bicyclic) bond motifs is 2. The second kappa shape index (κ2) is 20.2. The Morgan fingerprint density at radius 1 is 0.955 bits per heavy atom. The molecule has 2 aliphatic rings.